The number of nitrogens with zero attached hydrogens (tertiary/aromatic N) is 1. The van der Waals surface area contributed by atoms with Crippen LogP contribution in [-0.4, -0.2) is 84.4 Å². The highest BCUT2D eigenvalue weighted by atomic mass is 127. The molecule has 2 aromatic rings. The molecule has 3 N–H and O–H groups in total. The number of aldehydes is 1. The molecule has 10 nitrogen and oxygen atoms in total. The quantitative estimate of drug-likeness (QED) is 0.244. The van der Waals surface area contributed by atoms with Gasteiger partial charge in [0.1, 0.15) is 24.6 Å². The molecule has 11 heteroatoms. The van der Waals surface area contributed by atoms with Crippen molar-refractivity contribution in [3.63, 3.8) is 0 Å². The minimum atomic E-state index is -1.22. The molecule has 1 saturated heterocycles. The summed E-state index contributed by atoms with van der Waals surface area (Å²) < 4.78 is 18.0. The minimum Gasteiger partial charge on any atom is -0.493 e. The van der Waals surface area contributed by atoms with Gasteiger partial charge >= 0.3 is 0 Å². The summed E-state index contributed by atoms with van der Waals surface area (Å²) in [5.74, 6) is -0.0991. The van der Waals surface area contributed by atoms with Crippen LogP contribution in [0, 0.1) is 10.5 Å². The zero-order chi connectivity index (χ0) is 29.5. The Labute approximate surface area is 252 Å². The summed E-state index contributed by atoms with van der Waals surface area (Å²) >= 11 is 2.02. The maximum absolute atomic E-state index is 13.8. The number of nitrogens with one attached hydrogen (secondary N) is 1. The summed E-state index contributed by atoms with van der Waals surface area (Å²) in [6.07, 6.45) is 0.752. The molecule has 1 fully saturated rings. The van der Waals surface area contributed by atoms with Gasteiger partial charge in [-0.05, 0) is 66.1 Å². The first-order valence-corrected chi connectivity index (χ1v) is 14.6. The summed E-state index contributed by atoms with van der Waals surface area (Å²) in [6, 6.07) is 10.1. The molecule has 2 aromatic carbocycles. The highest BCUT2D eigenvalue weighted by molar-refractivity contribution is 14.1. The summed E-state index contributed by atoms with van der Waals surface area (Å²) in [4.78, 5) is 39.9. The van der Waals surface area contributed by atoms with E-state index in [-0.39, 0.29) is 32.0 Å². The van der Waals surface area contributed by atoms with Crippen LogP contribution in [0.15, 0.2) is 48.0 Å². The molecule has 4 rings (SSSR count). The largest absolute Gasteiger partial charge is 0.493 e. The third kappa shape index (κ3) is 7.45. The highest BCUT2D eigenvalue weighted by Gasteiger charge is 2.43. The number of aliphatic hydroxyl groups excluding tert-OH is 2. The summed E-state index contributed by atoms with van der Waals surface area (Å²) in [6.45, 7) is 2.48. The van der Waals surface area contributed by atoms with Gasteiger partial charge in [0.25, 0.3) is 5.91 Å². The normalized spacial score (nSPS) is 22.0. The monoisotopic (exact) mass is 678 g/mol. The number of halogens is 1. The van der Waals surface area contributed by atoms with Crippen molar-refractivity contribution in [2.75, 3.05) is 26.9 Å². The predicted octanol–water partition coefficient (Wildman–Crippen LogP) is 2.54. The van der Waals surface area contributed by atoms with Gasteiger partial charge in [-0.2, -0.15) is 0 Å². The van der Waals surface area contributed by atoms with Crippen LogP contribution in [0.4, 0.5) is 0 Å². The molecule has 0 radical (unpaired) electrons. The molecular formula is C30H35IN2O8. The van der Waals surface area contributed by atoms with E-state index in [2.05, 4.69) is 5.32 Å². The van der Waals surface area contributed by atoms with Gasteiger partial charge in [-0.25, -0.2) is 0 Å². The second kappa shape index (κ2) is 14.3. The lowest BCUT2D eigenvalue weighted by molar-refractivity contribution is -0.149. The smallest absolute Gasteiger partial charge is 0.252 e. The SMILES string of the molecule is COc1cc(C=O)cc(I)c1OC1C=C(C(=O)NCCO)CC(N(Cc2ccc(C)cc2)C(=O)C2CCCO2)C1O. The Morgan fingerprint density at radius 3 is 2.63 bits per heavy atom. The lowest BCUT2D eigenvalue weighted by Crippen LogP contribution is -2.56. The van der Waals surface area contributed by atoms with E-state index in [0.717, 1.165) is 17.5 Å². The van der Waals surface area contributed by atoms with E-state index in [1.807, 2.05) is 53.8 Å². The highest BCUT2D eigenvalue weighted by Crippen LogP contribution is 2.37. The molecule has 0 aromatic heterocycles. The number of hydrogen-bond acceptors (Lipinski definition) is 8. The average Bonchev–Trinajstić information content (AvgIpc) is 3.52. The minimum absolute atomic E-state index is 0.0513. The lowest BCUT2D eigenvalue weighted by Gasteiger charge is -2.41. The fourth-order valence-electron chi connectivity index (χ4n) is 5.04. The molecule has 41 heavy (non-hydrogen) atoms. The van der Waals surface area contributed by atoms with Crippen LogP contribution in [0.1, 0.15) is 40.7 Å². The number of aliphatic hydroxyl groups is 2. The number of amides is 2. The second-order valence-electron chi connectivity index (χ2n) is 10.1. The molecule has 0 saturated carbocycles. The first kappa shape index (κ1) is 30.9. The Balaban J connectivity index is 1.73. The van der Waals surface area contributed by atoms with Crippen LogP contribution >= 0.6 is 22.6 Å². The van der Waals surface area contributed by atoms with E-state index in [0.29, 0.717) is 45.5 Å². The van der Waals surface area contributed by atoms with Crippen LogP contribution in [0.25, 0.3) is 0 Å². The zero-order valence-electron chi connectivity index (χ0n) is 23.0. The summed E-state index contributed by atoms with van der Waals surface area (Å²) in [5.41, 5.74) is 2.65. The van der Waals surface area contributed by atoms with E-state index in [1.165, 1.54) is 19.3 Å². The third-order valence-corrected chi connectivity index (χ3v) is 8.02. The first-order valence-electron chi connectivity index (χ1n) is 13.5. The van der Waals surface area contributed by atoms with Crippen molar-refractivity contribution in [2.45, 2.75) is 57.1 Å². The van der Waals surface area contributed by atoms with E-state index >= 15 is 0 Å². The van der Waals surface area contributed by atoms with Crippen LogP contribution in [0.2, 0.25) is 0 Å². The molecular weight excluding hydrogens is 643 g/mol. The van der Waals surface area contributed by atoms with Gasteiger partial charge in [0, 0.05) is 37.3 Å². The van der Waals surface area contributed by atoms with Crippen molar-refractivity contribution < 1.29 is 38.8 Å². The Morgan fingerprint density at radius 1 is 1.24 bits per heavy atom. The van der Waals surface area contributed by atoms with Gasteiger partial charge < -0.3 is 34.6 Å². The molecule has 0 bridgehead atoms. The van der Waals surface area contributed by atoms with Crippen LogP contribution in [-0.2, 0) is 20.9 Å². The summed E-state index contributed by atoms with van der Waals surface area (Å²) in [5, 5.41) is 23.6. The van der Waals surface area contributed by atoms with Gasteiger partial charge in [-0.3, -0.25) is 14.4 Å². The molecule has 220 valence electrons. The van der Waals surface area contributed by atoms with Crippen molar-refractivity contribution in [1.82, 2.24) is 10.2 Å². The average molecular weight is 679 g/mol. The van der Waals surface area contributed by atoms with Crippen LogP contribution in [0.3, 0.4) is 0 Å². The number of methoxy groups -OCH3 is 1. The standard InChI is InChI=1S/C30H35IN2O8/c1-18-5-7-19(8-6-18)16-33(30(38)24-4-3-11-40-24)23-14-21(29(37)32-9-10-34)15-25(27(23)36)41-28-22(31)12-20(17-35)13-26(28)39-2/h5-8,12-13,15,17,23-25,27,34,36H,3-4,9-11,14,16H2,1-2H3,(H,32,37). The molecule has 2 amide bonds. The van der Waals surface area contributed by atoms with Gasteiger partial charge in [0.2, 0.25) is 5.91 Å². The summed E-state index contributed by atoms with van der Waals surface area (Å²) in [7, 11) is 1.44. The van der Waals surface area contributed by atoms with E-state index in [1.54, 1.807) is 11.0 Å². The van der Waals surface area contributed by atoms with Gasteiger partial charge in [-0.1, -0.05) is 29.8 Å². The van der Waals surface area contributed by atoms with E-state index in [9.17, 15) is 24.6 Å². The van der Waals surface area contributed by atoms with Gasteiger partial charge in [0.05, 0.1) is 23.3 Å². The Kier molecular flexibility index (Phi) is 10.8. The van der Waals surface area contributed by atoms with Crippen LogP contribution in [0.5, 0.6) is 11.5 Å². The van der Waals surface area contributed by atoms with E-state index < -0.39 is 30.3 Å². The zero-order valence-corrected chi connectivity index (χ0v) is 25.2. The van der Waals surface area contributed by atoms with Gasteiger partial charge in [0.15, 0.2) is 11.5 Å². The fourth-order valence-corrected chi connectivity index (χ4v) is 5.80. The molecule has 1 aliphatic carbocycles. The second-order valence-corrected chi connectivity index (χ2v) is 11.3. The topological polar surface area (TPSA) is 135 Å². The van der Waals surface area contributed by atoms with Crippen molar-refractivity contribution in [3.8, 4) is 11.5 Å². The molecule has 1 heterocycles. The first-order chi connectivity index (χ1) is 19.7. The predicted molar refractivity (Wildman–Crippen MR) is 159 cm³/mol. The van der Waals surface area contributed by atoms with Crippen LogP contribution < -0.4 is 14.8 Å². The van der Waals surface area contributed by atoms with Crippen molar-refractivity contribution in [1.29, 1.82) is 0 Å². The fraction of sp³-hybridized carbons (Fsp3) is 0.433. The number of aryl methyl sites for hydroxylation is 1. The third-order valence-electron chi connectivity index (χ3n) is 7.22. The Bertz CT molecular complexity index is 1280. The molecule has 4 unspecified atom stereocenters. The molecule has 2 aliphatic rings. The van der Waals surface area contributed by atoms with Crippen molar-refractivity contribution >= 4 is 40.7 Å². The maximum Gasteiger partial charge on any atom is 0.252 e. The number of carbonyl (C=O) groups excluding carboxylic acids is 3. The number of carbonyl (C=O) groups is 3. The Morgan fingerprint density at radius 2 is 2.00 bits per heavy atom. The molecule has 0 spiro atoms. The van der Waals surface area contributed by atoms with Crippen molar-refractivity contribution in [2.24, 2.45) is 0 Å². The number of hydrogen-bond donors (Lipinski definition) is 3. The number of rotatable bonds is 11. The van der Waals surface area contributed by atoms with Crippen molar-refractivity contribution in [3.05, 3.63) is 68.3 Å². The molecule has 4 atom stereocenters. The lowest BCUT2D eigenvalue weighted by atomic mass is 9.87. The molecule has 1 aliphatic heterocycles. The van der Waals surface area contributed by atoms with Gasteiger partial charge in [-0.15, -0.1) is 0 Å². The number of benzene rings is 2. The maximum atomic E-state index is 13.8. The Hall–Kier alpha value is -3.00. The number of ether oxygens (including phenoxy) is 3. The van der Waals surface area contributed by atoms with E-state index in [4.69, 9.17) is 14.2 Å².